The third kappa shape index (κ3) is 32.3. The topological polar surface area (TPSA) is 186 Å². The summed E-state index contributed by atoms with van der Waals surface area (Å²) in [5, 5.41) is 30.9. The van der Waals surface area contributed by atoms with Gasteiger partial charge < -0.3 is 34.3 Å². The van der Waals surface area contributed by atoms with Crippen molar-refractivity contribution in [1.82, 2.24) is 0 Å². The van der Waals surface area contributed by atoms with Crippen LogP contribution in [0.25, 0.3) is 0 Å². The van der Waals surface area contributed by atoms with E-state index in [1.54, 1.807) is 0 Å². The molecular formula is C47H90O12S. The zero-order chi connectivity index (χ0) is 44.1. The molecule has 1 fully saturated rings. The molecule has 1 aliphatic rings. The van der Waals surface area contributed by atoms with Crippen LogP contribution in [-0.2, 0) is 38.7 Å². The maximum Gasteiger partial charge on any atom is 0.306 e. The molecule has 0 bridgehead atoms. The molecular weight excluding hydrogens is 789 g/mol. The zero-order valence-corrected chi connectivity index (χ0v) is 38.9. The molecule has 0 amide bonds. The average molecular weight is 879 g/mol. The van der Waals surface area contributed by atoms with Gasteiger partial charge in [0.2, 0.25) is 0 Å². The Bertz CT molecular complexity index is 1120. The highest BCUT2D eigenvalue weighted by Gasteiger charge is 2.46. The largest absolute Gasteiger partial charge is 0.462 e. The van der Waals surface area contributed by atoms with Crippen molar-refractivity contribution in [2.24, 2.45) is 0 Å². The number of unbranched alkanes of at least 4 members (excludes halogenated alkanes) is 30. The first-order chi connectivity index (χ1) is 29.0. The first-order valence-corrected chi connectivity index (χ1v) is 26.2. The predicted octanol–water partition coefficient (Wildman–Crippen LogP) is 10.5. The third-order valence-corrected chi connectivity index (χ3v) is 12.4. The molecule has 0 aromatic carbocycles. The molecule has 12 nitrogen and oxygen atoms in total. The van der Waals surface area contributed by atoms with E-state index in [0.717, 1.165) is 38.5 Å². The second-order valence-electron chi connectivity index (χ2n) is 17.5. The Kier molecular flexibility index (Phi) is 36.0. The smallest absolute Gasteiger partial charge is 0.306 e. The SMILES string of the molecule is CCCCCCCCCCCCCCCCCCC(=O)OC[C@H](CO[C@H]1O[C@H](CS(=O)(=O)O)[C@@H](O)C(O)C1O)OC(=O)CCCCCCCCCCCCCCCCCC. The van der Waals surface area contributed by atoms with Gasteiger partial charge in [-0.15, -0.1) is 0 Å². The lowest BCUT2D eigenvalue weighted by Crippen LogP contribution is -2.60. The summed E-state index contributed by atoms with van der Waals surface area (Å²) in [6, 6.07) is 0. The van der Waals surface area contributed by atoms with Crippen LogP contribution in [0.15, 0.2) is 0 Å². The highest BCUT2D eigenvalue weighted by atomic mass is 32.2. The fraction of sp³-hybridized carbons (Fsp3) is 0.957. The lowest BCUT2D eigenvalue weighted by Gasteiger charge is -2.40. The number of hydrogen-bond acceptors (Lipinski definition) is 11. The number of esters is 2. The Labute approximate surface area is 365 Å². The Morgan fingerprint density at radius 1 is 0.500 bits per heavy atom. The number of aliphatic hydroxyl groups is 3. The Morgan fingerprint density at radius 2 is 0.850 bits per heavy atom. The third-order valence-electron chi connectivity index (χ3n) is 11.7. The number of rotatable bonds is 42. The van der Waals surface area contributed by atoms with Gasteiger partial charge in [-0.25, -0.2) is 0 Å². The molecule has 0 aliphatic carbocycles. The van der Waals surface area contributed by atoms with E-state index in [9.17, 15) is 37.9 Å². The van der Waals surface area contributed by atoms with Crippen molar-refractivity contribution >= 4 is 22.1 Å². The quantitative estimate of drug-likeness (QED) is 0.0259. The fourth-order valence-corrected chi connectivity index (χ4v) is 8.55. The van der Waals surface area contributed by atoms with Crippen LogP contribution in [0.1, 0.15) is 232 Å². The van der Waals surface area contributed by atoms with Gasteiger partial charge in [-0.1, -0.05) is 206 Å². The van der Waals surface area contributed by atoms with Crippen LogP contribution in [0, 0.1) is 0 Å². The number of aliphatic hydroxyl groups excluding tert-OH is 3. The summed E-state index contributed by atoms with van der Waals surface area (Å²) in [5.74, 6) is -1.96. The van der Waals surface area contributed by atoms with Crippen LogP contribution < -0.4 is 0 Å². The van der Waals surface area contributed by atoms with Crippen LogP contribution in [0.4, 0.5) is 0 Å². The lowest BCUT2D eigenvalue weighted by molar-refractivity contribution is -0.297. The molecule has 6 atom stereocenters. The molecule has 1 rings (SSSR count). The molecule has 0 radical (unpaired) electrons. The maximum atomic E-state index is 12.8. The molecule has 60 heavy (non-hydrogen) atoms. The van der Waals surface area contributed by atoms with Gasteiger partial charge in [-0.3, -0.25) is 14.1 Å². The van der Waals surface area contributed by atoms with E-state index >= 15 is 0 Å². The summed E-state index contributed by atoms with van der Waals surface area (Å²) >= 11 is 0. The summed E-state index contributed by atoms with van der Waals surface area (Å²) in [4.78, 5) is 25.5. The van der Waals surface area contributed by atoms with E-state index in [1.165, 1.54) is 154 Å². The average Bonchev–Trinajstić information content (AvgIpc) is 3.21. The molecule has 2 unspecified atom stereocenters. The summed E-state index contributed by atoms with van der Waals surface area (Å²) in [6.45, 7) is 3.80. The first kappa shape index (κ1) is 56.7. The molecule has 1 saturated heterocycles. The van der Waals surface area contributed by atoms with E-state index in [2.05, 4.69) is 13.8 Å². The van der Waals surface area contributed by atoms with E-state index < -0.39 is 71.2 Å². The standard InChI is InChI=1S/C47H90O12S/c1-3-5-7-9-11-13-15-17-19-21-23-25-27-29-31-33-35-42(48)56-37-40(38-57-47-46(52)45(51)44(50)41(59-47)39-60(53,54)55)58-43(49)36-34-32-30-28-26-24-22-20-18-16-14-12-10-8-6-4-2/h40-41,44-47,50-52H,3-39H2,1-2H3,(H,53,54,55)/t40-,41-,44-,45?,46?,47+/m1/s1. The van der Waals surface area contributed by atoms with Gasteiger partial charge in [0.25, 0.3) is 10.1 Å². The zero-order valence-electron chi connectivity index (χ0n) is 38.1. The normalized spacial score (nSPS) is 20.0. The molecule has 0 saturated carbocycles. The van der Waals surface area contributed by atoms with E-state index in [0.29, 0.717) is 12.8 Å². The molecule has 1 heterocycles. The van der Waals surface area contributed by atoms with Crippen LogP contribution >= 0.6 is 0 Å². The molecule has 1 aliphatic heterocycles. The molecule has 0 aromatic rings. The first-order valence-electron chi connectivity index (χ1n) is 24.6. The summed E-state index contributed by atoms with van der Waals surface area (Å²) < 4.78 is 54.2. The number of ether oxygens (including phenoxy) is 4. The van der Waals surface area contributed by atoms with Crippen LogP contribution in [0.2, 0.25) is 0 Å². The summed E-state index contributed by atoms with van der Waals surface area (Å²) in [5.41, 5.74) is 0. The predicted molar refractivity (Wildman–Crippen MR) is 238 cm³/mol. The molecule has 0 aromatic heterocycles. The highest BCUT2D eigenvalue weighted by Crippen LogP contribution is 2.24. The van der Waals surface area contributed by atoms with E-state index in [4.69, 9.17) is 18.9 Å². The summed E-state index contributed by atoms with van der Waals surface area (Å²) in [6.07, 6.45) is 30.0. The molecule has 0 spiro atoms. The van der Waals surface area contributed by atoms with Crippen molar-refractivity contribution in [3.8, 4) is 0 Å². The Hall–Kier alpha value is -1.35. The molecule has 356 valence electrons. The van der Waals surface area contributed by atoms with Crippen molar-refractivity contribution in [2.45, 2.75) is 269 Å². The van der Waals surface area contributed by atoms with Gasteiger partial charge in [0.05, 0.1) is 6.61 Å². The number of hydrogen-bond donors (Lipinski definition) is 4. The second kappa shape index (κ2) is 38.1. The number of carbonyl (C=O) groups excluding carboxylic acids is 2. The van der Waals surface area contributed by atoms with Gasteiger partial charge in [0.1, 0.15) is 36.8 Å². The van der Waals surface area contributed by atoms with Gasteiger partial charge in [-0.05, 0) is 12.8 Å². The van der Waals surface area contributed by atoms with Crippen LogP contribution in [0.3, 0.4) is 0 Å². The van der Waals surface area contributed by atoms with E-state index in [-0.39, 0.29) is 19.4 Å². The van der Waals surface area contributed by atoms with Crippen LogP contribution in [0.5, 0.6) is 0 Å². The Balaban J connectivity index is 2.39. The molecule has 13 heteroatoms. The minimum Gasteiger partial charge on any atom is -0.462 e. The van der Waals surface area contributed by atoms with Crippen molar-refractivity contribution < 1.29 is 56.8 Å². The van der Waals surface area contributed by atoms with E-state index in [1.807, 2.05) is 0 Å². The summed E-state index contributed by atoms with van der Waals surface area (Å²) in [7, 11) is -4.60. The Morgan fingerprint density at radius 3 is 1.22 bits per heavy atom. The maximum absolute atomic E-state index is 12.8. The monoisotopic (exact) mass is 879 g/mol. The fourth-order valence-electron chi connectivity index (χ4n) is 7.86. The van der Waals surface area contributed by atoms with Crippen molar-refractivity contribution in [2.75, 3.05) is 19.0 Å². The van der Waals surface area contributed by atoms with Crippen LogP contribution in [-0.4, -0.2) is 96.0 Å². The van der Waals surface area contributed by atoms with Gasteiger partial charge in [-0.2, -0.15) is 8.42 Å². The highest BCUT2D eigenvalue weighted by molar-refractivity contribution is 7.85. The lowest BCUT2D eigenvalue weighted by atomic mass is 10.00. The minimum atomic E-state index is -4.60. The molecule has 4 N–H and O–H groups in total. The number of carbonyl (C=O) groups is 2. The van der Waals surface area contributed by atoms with Crippen molar-refractivity contribution in [1.29, 1.82) is 0 Å². The van der Waals surface area contributed by atoms with Crippen molar-refractivity contribution in [3.63, 3.8) is 0 Å². The van der Waals surface area contributed by atoms with Crippen molar-refractivity contribution in [3.05, 3.63) is 0 Å². The van der Waals surface area contributed by atoms with Gasteiger partial charge in [0.15, 0.2) is 12.4 Å². The van der Waals surface area contributed by atoms with Gasteiger partial charge in [0, 0.05) is 12.8 Å². The van der Waals surface area contributed by atoms with Gasteiger partial charge >= 0.3 is 11.9 Å². The second-order valence-corrected chi connectivity index (χ2v) is 19.0. The minimum absolute atomic E-state index is 0.173.